The number of aliphatic hydroxyl groups excluding tert-OH is 1. The van der Waals surface area contributed by atoms with Gasteiger partial charge in [-0.2, -0.15) is 0 Å². The third-order valence-electron chi connectivity index (χ3n) is 3.12. The number of nitrogens with one attached hydrogen (secondary N) is 1. The quantitative estimate of drug-likeness (QED) is 0.884. The molecule has 3 nitrogen and oxygen atoms in total. The van der Waals surface area contributed by atoms with E-state index in [9.17, 15) is 13.9 Å². The van der Waals surface area contributed by atoms with E-state index in [2.05, 4.69) is 5.32 Å². The normalized spacial score (nSPS) is 14.2. The number of hydrogen-bond acceptors (Lipinski definition) is 3. The molecule has 0 spiro atoms. The van der Waals surface area contributed by atoms with Crippen molar-refractivity contribution in [1.29, 1.82) is 0 Å². The van der Waals surface area contributed by atoms with E-state index in [1.54, 1.807) is 0 Å². The standard InChI is InChI=1S/C15H17F2NO2/c1-9-3-6-15(20-9)10(2)18-8-14(19)12-7-11(16)4-5-13(12)17/h3-7,10,14,18-19H,8H2,1-2H3. The molecular formula is C15H17F2NO2. The van der Waals surface area contributed by atoms with Gasteiger partial charge in [0.25, 0.3) is 0 Å². The Morgan fingerprint density at radius 1 is 1.25 bits per heavy atom. The topological polar surface area (TPSA) is 45.4 Å². The Morgan fingerprint density at radius 2 is 2.00 bits per heavy atom. The number of furan rings is 1. The van der Waals surface area contributed by atoms with Crippen LogP contribution in [0.5, 0.6) is 0 Å². The van der Waals surface area contributed by atoms with Gasteiger partial charge in [-0.25, -0.2) is 8.78 Å². The van der Waals surface area contributed by atoms with E-state index in [4.69, 9.17) is 4.42 Å². The third kappa shape index (κ3) is 3.43. The maximum atomic E-state index is 13.5. The molecule has 0 fully saturated rings. The first kappa shape index (κ1) is 14.7. The minimum Gasteiger partial charge on any atom is -0.465 e. The summed E-state index contributed by atoms with van der Waals surface area (Å²) in [4.78, 5) is 0. The molecule has 2 atom stereocenters. The zero-order chi connectivity index (χ0) is 14.7. The first-order valence-electron chi connectivity index (χ1n) is 6.40. The zero-order valence-corrected chi connectivity index (χ0v) is 11.4. The number of benzene rings is 1. The average molecular weight is 281 g/mol. The molecule has 5 heteroatoms. The molecule has 0 saturated heterocycles. The van der Waals surface area contributed by atoms with Crippen LogP contribution in [0.2, 0.25) is 0 Å². The third-order valence-corrected chi connectivity index (χ3v) is 3.12. The summed E-state index contributed by atoms with van der Waals surface area (Å²) in [7, 11) is 0. The monoisotopic (exact) mass is 281 g/mol. The van der Waals surface area contributed by atoms with Gasteiger partial charge in [0.2, 0.25) is 0 Å². The Morgan fingerprint density at radius 3 is 2.65 bits per heavy atom. The summed E-state index contributed by atoms with van der Waals surface area (Å²) in [6.45, 7) is 3.81. The number of rotatable bonds is 5. The Balaban J connectivity index is 1.98. The van der Waals surface area contributed by atoms with Crippen LogP contribution in [-0.2, 0) is 0 Å². The summed E-state index contributed by atoms with van der Waals surface area (Å²) in [5, 5.41) is 13.0. The van der Waals surface area contributed by atoms with Gasteiger partial charge >= 0.3 is 0 Å². The highest BCUT2D eigenvalue weighted by Crippen LogP contribution is 2.20. The van der Waals surface area contributed by atoms with E-state index < -0.39 is 17.7 Å². The van der Waals surface area contributed by atoms with Crippen molar-refractivity contribution in [3.05, 3.63) is 59.1 Å². The van der Waals surface area contributed by atoms with Crippen LogP contribution in [-0.4, -0.2) is 11.7 Å². The van der Waals surface area contributed by atoms with Crippen molar-refractivity contribution in [3.8, 4) is 0 Å². The predicted octanol–water partition coefficient (Wildman–Crippen LogP) is 3.25. The Bertz CT molecular complexity index is 583. The van der Waals surface area contributed by atoms with Crippen molar-refractivity contribution in [2.45, 2.75) is 26.0 Å². The molecule has 1 aromatic heterocycles. The zero-order valence-electron chi connectivity index (χ0n) is 11.4. The maximum absolute atomic E-state index is 13.5. The van der Waals surface area contributed by atoms with Crippen molar-refractivity contribution in [1.82, 2.24) is 5.32 Å². The van der Waals surface area contributed by atoms with Gasteiger partial charge in [-0.15, -0.1) is 0 Å². The summed E-state index contributed by atoms with van der Waals surface area (Å²) in [6.07, 6.45) is -1.12. The van der Waals surface area contributed by atoms with Crippen molar-refractivity contribution >= 4 is 0 Å². The lowest BCUT2D eigenvalue weighted by Crippen LogP contribution is -2.25. The highest BCUT2D eigenvalue weighted by atomic mass is 19.1. The van der Waals surface area contributed by atoms with Gasteiger partial charge in [-0.05, 0) is 44.2 Å². The minimum absolute atomic E-state index is 0.0553. The summed E-state index contributed by atoms with van der Waals surface area (Å²) in [5.74, 6) is 0.331. The predicted molar refractivity (Wildman–Crippen MR) is 71.2 cm³/mol. The summed E-state index contributed by atoms with van der Waals surface area (Å²) in [6, 6.07) is 6.58. The van der Waals surface area contributed by atoms with Crippen LogP contribution in [0.25, 0.3) is 0 Å². The van der Waals surface area contributed by atoms with E-state index in [-0.39, 0.29) is 18.2 Å². The number of halogens is 2. The van der Waals surface area contributed by atoms with Crippen molar-refractivity contribution < 1.29 is 18.3 Å². The van der Waals surface area contributed by atoms with Crippen molar-refractivity contribution in [2.75, 3.05) is 6.54 Å². The molecule has 0 saturated carbocycles. The van der Waals surface area contributed by atoms with Crippen LogP contribution in [0.4, 0.5) is 8.78 Å². The molecule has 2 N–H and O–H groups in total. The molecule has 108 valence electrons. The summed E-state index contributed by atoms with van der Waals surface area (Å²) >= 11 is 0. The molecule has 1 heterocycles. The van der Waals surface area contributed by atoms with Crippen LogP contribution in [0, 0.1) is 18.6 Å². The van der Waals surface area contributed by atoms with Gasteiger partial charge in [0, 0.05) is 12.1 Å². The molecule has 20 heavy (non-hydrogen) atoms. The molecular weight excluding hydrogens is 264 g/mol. The van der Waals surface area contributed by atoms with E-state index in [1.165, 1.54) is 0 Å². The second kappa shape index (κ2) is 6.15. The number of aliphatic hydroxyl groups is 1. The van der Waals surface area contributed by atoms with Crippen molar-refractivity contribution in [3.63, 3.8) is 0 Å². The molecule has 0 aliphatic heterocycles. The molecule has 1 aromatic carbocycles. The largest absolute Gasteiger partial charge is 0.465 e. The summed E-state index contributed by atoms with van der Waals surface area (Å²) < 4.78 is 32.0. The van der Waals surface area contributed by atoms with Crippen molar-refractivity contribution in [2.24, 2.45) is 0 Å². The molecule has 2 rings (SSSR count). The maximum Gasteiger partial charge on any atom is 0.129 e. The van der Waals surface area contributed by atoms with Gasteiger partial charge in [-0.1, -0.05) is 0 Å². The van der Waals surface area contributed by atoms with Gasteiger partial charge in [0.1, 0.15) is 23.2 Å². The fourth-order valence-corrected chi connectivity index (χ4v) is 1.96. The average Bonchev–Trinajstić information content (AvgIpc) is 2.85. The smallest absolute Gasteiger partial charge is 0.129 e. The van der Waals surface area contributed by atoms with Gasteiger partial charge < -0.3 is 14.8 Å². The van der Waals surface area contributed by atoms with Crippen LogP contribution in [0.3, 0.4) is 0 Å². The SMILES string of the molecule is Cc1ccc(C(C)NCC(O)c2cc(F)ccc2F)o1. The molecule has 2 aromatic rings. The lowest BCUT2D eigenvalue weighted by molar-refractivity contribution is 0.164. The first-order chi connectivity index (χ1) is 9.47. The highest BCUT2D eigenvalue weighted by molar-refractivity contribution is 5.21. The summed E-state index contributed by atoms with van der Waals surface area (Å²) in [5.41, 5.74) is -0.0553. The Hall–Kier alpha value is -1.72. The fraction of sp³-hybridized carbons (Fsp3) is 0.333. The lowest BCUT2D eigenvalue weighted by atomic mass is 10.1. The highest BCUT2D eigenvalue weighted by Gasteiger charge is 2.16. The molecule has 2 unspecified atom stereocenters. The first-order valence-corrected chi connectivity index (χ1v) is 6.40. The Labute approximate surface area is 116 Å². The number of hydrogen-bond donors (Lipinski definition) is 2. The van der Waals surface area contributed by atoms with Crippen LogP contribution in [0.15, 0.2) is 34.7 Å². The van der Waals surface area contributed by atoms with E-state index in [0.717, 1.165) is 29.7 Å². The second-order valence-corrected chi connectivity index (χ2v) is 4.76. The Kier molecular flexibility index (Phi) is 4.52. The van der Waals surface area contributed by atoms with E-state index in [1.807, 2.05) is 26.0 Å². The lowest BCUT2D eigenvalue weighted by Gasteiger charge is -2.16. The number of aryl methyl sites for hydroxylation is 1. The molecule has 0 bridgehead atoms. The molecule has 0 amide bonds. The van der Waals surface area contributed by atoms with Crippen LogP contribution < -0.4 is 5.32 Å². The molecule has 0 radical (unpaired) electrons. The van der Waals surface area contributed by atoms with Gasteiger partial charge in [0.05, 0.1) is 12.1 Å². The van der Waals surface area contributed by atoms with E-state index >= 15 is 0 Å². The van der Waals surface area contributed by atoms with Gasteiger partial charge in [-0.3, -0.25) is 0 Å². The second-order valence-electron chi connectivity index (χ2n) is 4.76. The van der Waals surface area contributed by atoms with E-state index in [0.29, 0.717) is 0 Å². The molecule has 0 aliphatic rings. The minimum atomic E-state index is -1.12. The van der Waals surface area contributed by atoms with Crippen LogP contribution >= 0.6 is 0 Å². The molecule has 0 aliphatic carbocycles. The van der Waals surface area contributed by atoms with Gasteiger partial charge in [0.15, 0.2) is 0 Å². The fourth-order valence-electron chi connectivity index (χ4n) is 1.96. The van der Waals surface area contributed by atoms with Crippen LogP contribution in [0.1, 0.15) is 36.2 Å².